The summed E-state index contributed by atoms with van der Waals surface area (Å²) >= 11 is 0. The monoisotopic (exact) mass is 715 g/mol. The SMILES string of the molecule is CC(C)CCCCCCCCCCCCCCCOC(=O)c1ccc(C(=O)O)cc1C(=O)OCCCCCCCCCCCCCCCC(C)C. The molecule has 1 aromatic carbocycles. The molecule has 1 rings (SSSR count). The maximum atomic E-state index is 12.9. The van der Waals surface area contributed by atoms with Crippen molar-refractivity contribution in [3.05, 3.63) is 34.9 Å². The average molecular weight is 715 g/mol. The first-order valence-corrected chi connectivity index (χ1v) is 21.4. The van der Waals surface area contributed by atoms with Crippen LogP contribution in [0.3, 0.4) is 0 Å². The zero-order chi connectivity index (χ0) is 37.4. The van der Waals surface area contributed by atoms with Crippen LogP contribution in [-0.2, 0) is 9.47 Å². The van der Waals surface area contributed by atoms with E-state index in [1.165, 1.54) is 159 Å². The van der Waals surface area contributed by atoms with Gasteiger partial charge in [-0.25, -0.2) is 14.4 Å². The van der Waals surface area contributed by atoms with E-state index in [-0.39, 0.29) is 29.9 Å². The molecule has 0 aromatic heterocycles. The van der Waals surface area contributed by atoms with Crippen molar-refractivity contribution in [2.75, 3.05) is 13.2 Å². The number of carboxylic acid groups (broad SMARTS) is 1. The van der Waals surface area contributed by atoms with Crippen LogP contribution in [0.2, 0.25) is 0 Å². The van der Waals surface area contributed by atoms with E-state index in [0.717, 1.165) is 50.4 Å². The second-order valence-electron chi connectivity index (χ2n) is 15.9. The Hall–Kier alpha value is -2.37. The Morgan fingerprint density at radius 3 is 1.06 bits per heavy atom. The van der Waals surface area contributed by atoms with Crippen LogP contribution in [0.5, 0.6) is 0 Å². The molecule has 0 unspecified atom stereocenters. The molecule has 0 bridgehead atoms. The van der Waals surface area contributed by atoms with E-state index in [1.807, 2.05) is 0 Å². The van der Waals surface area contributed by atoms with Gasteiger partial charge in [-0.2, -0.15) is 0 Å². The number of ether oxygens (including phenoxy) is 2. The molecule has 6 nitrogen and oxygen atoms in total. The summed E-state index contributed by atoms with van der Waals surface area (Å²) in [5, 5.41) is 9.45. The molecule has 0 amide bonds. The fourth-order valence-electron chi connectivity index (χ4n) is 6.71. The van der Waals surface area contributed by atoms with Crippen LogP contribution in [-0.4, -0.2) is 36.2 Å². The lowest BCUT2D eigenvalue weighted by atomic mass is 10.0. The molecule has 0 spiro atoms. The fraction of sp³-hybridized carbons (Fsp3) is 0.800. The maximum Gasteiger partial charge on any atom is 0.339 e. The molecule has 1 aromatic rings. The van der Waals surface area contributed by atoms with Gasteiger partial charge in [-0.1, -0.05) is 195 Å². The van der Waals surface area contributed by atoms with E-state index < -0.39 is 17.9 Å². The predicted octanol–water partition coefficient (Wildman–Crippen LogP) is 13.9. The van der Waals surface area contributed by atoms with Crippen LogP contribution < -0.4 is 0 Å². The van der Waals surface area contributed by atoms with E-state index in [4.69, 9.17) is 9.47 Å². The van der Waals surface area contributed by atoms with Crippen LogP contribution in [0.25, 0.3) is 0 Å². The Morgan fingerprint density at radius 2 is 0.745 bits per heavy atom. The topological polar surface area (TPSA) is 89.9 Å². The van der Waals surface area contributed by atoms with Crippen LogP contribution in [0.4, 0.5) is 0 Å². The fourth-order valence-corrected chi connectivity index (χ4v) is 6.71. The van der Waals surface area contributed by atoms with Crippen molar-refractivity contribution in [2.45, 2.75) is 207 Å². The third kappa shape index (κ3) is 27.0. The predicted molar refractivity (Wildman–Crippen MR) is 213 cm³/mol. The van der Waals surface area contributed by atoms with Crippen LogP contribution in [0.1, 0.15) is 239 Å². The Morgan fingerprint density at radius 1 is 0.451 bits per heavy atom. The highest BCUT2D eigenvalue weighted by Crippen LogP contribution is 2.19. The molecule has 0 atom stereocenters. The number of hydrogen-bond acceptors (Lipinski definition) is 5. The van der Waals surface area contributed by atoms with Crippen LogP contribution in [0.15, 0.2) is 18.2 Å². The quantitative estimate of drug-likeness (QED) is 0.0556. The first kappa shape index (κ1) is 46.7. The second kappa shape index (κ2) is 32.3. The van der Waals surface area contributed by atoms with Crippen molar-refractivity contribution in [1.82, 2.24) is 0 Å². The lowest BCUT2D eigenvalue weighted by Crippen LogP contribution is -2.16. The minimum absolute atomic E-state index is 0.0402. The van der Waals surface area contributed by atoms with Gasteiger partial charge in [-0.05, 0) is 42.9 Å². The molecule has 0 aliphatic carbocycles. The van der Waals surface area contributed by atoms with Gasteiger partial charge in [0.05, 0.1) is 29.9 Å². The Balaban J connectivity index is 2.17. The standard InChI is InChI=1S/C45H78O6/c1-38(2)31-27-23-19-15-11-7-5-9-13-17-21-25-29-35-50-44(48)41-34-33-40(43(46)47)37-42(41)45(49)51-36-30-26-22-18-14-10-6-8-12-16-20-24-28-32-39(3)4/h33-34,37-39H,5-32,35-36H2,1-4H3,(H,46,47). The van der Waals surface area contributed by atoms with Crippen molar-refractivity contribution in [3.8, 4) is 0 Å². The smallest absolute Gasteiger partial charge is 0.339 e. The zero-order valence-electron chi connectivity index (χ0n) is 33.6. The van der Waals surface area contributed by atoms with Gasteiger partial charge in [0, 0.05) is 0 Å². The van der Waals surface area contributed by atoms with Crippen molar-refractivity contribution in [1.29, 1.82) is 0 Å². The molecule has 0 saturated carbocycles. The van der Waals surface area contributed by atoms with Gasteiger partial charge in [0.25, 0.3) is 0 Å². The average Bonchev–Trinajstić information content (AvgIpc) is 3.10. The highest BCUT2D eigenvalue weighted by Gasteiger charge is 2.22. The molecule has 0 saturated heterocycles. The summed E-state index contributed by atoms with van der Waals surface area (Å²) in [6, 6.07) is 3.92. The normalized spacial score (nSPS) is 11.4. The lowest BCUT2D eigenvalue weighted by Gasteiger charge is -2.11. The van der Waals surface area contributed by atoms with E-state index in [9.17, 15) is 19.5 Å². The summed E-state index contributed by atoms with van der Waals surface area (Å²) in [4.78, 5) is 37.3. The number of carbonyl (C=O) groups excluding carboxylic acids is 2. The second-order valence-corrected chi connectivity index (χ2v) is 15.9. The zero-order valence-corrected chi connectivity index (χ0v) is 33.6. The Labute approximate surface area is 313 Å². The van der Waals surface area contributed by atoms with E-state index in [1.54, 1.807) is 0 Å². The summed E-state index contributed by atoms with van der Waals surface area (Å²) in [6.45, 7) is 9.75. The molecule has 1 N–H and O–H groups in total. The first-order chi connectivity index (χ1) is 24.7. The molecule has 0 radical (unpaired) electrons. The summed E-state index contributed by atoms with van der Waals surface area (Å²) < 4.78 is 11.0. The van der Waals surface area contributed by atoms with Crippen LogP contribution >= 0.6 is 0 Å². The van der Waals surface area contributed by atoms with E-state index in [2.05, 4.69) is 27.7 Å². The number of rotatable bonds is 35. The van der Waals surface area contributed by atoms with Gasteiger partial charge in [0.1, 0.15) is 0 Å². The number of hydrogen-bond donors (Lipinski definition) is 1. The van der Waals surface area contributed by atoms with Gasteiger partial charge >= 0.3 is 17.9 Å². The molecule has 6 heteroatoms. The van der Waals surface area contributed by atoms with Crippen molar-refractivity contribution < 1.29 is 29.0 Å². The van der Waals surface area contributed by atoms with Crippen molar-refractivity contribution in [3.63, 3.8) is 0 Å². The van der Waals surface area contributed by atoms with E-state index >= 15 is 0 Å². The minimum Gasteiger partial charge on any atom is -0.478 e. The van der Waals surface area contributed by atoms with E-state index in [0.29, 0.717) is 0 Å². The number of carbonyl (C=O) groups is 3. The molecule has 0 heterocycles. The lowest BCUT2D eigenvalue weighted by molar-refractivity contribution is 0.0450. The van der Waals surface area contributed by atoms with Gasteiger partial charge in [-0.15, -0.1) is 0 Å². The number of unbranched alkanes of at least 4 members (excludes halogenated alkanes) is 24. The largest absolute Gasteiger partial charge is 0.478 e. The molecule has 294 valence electrons. The summed E-state index contributed by atoms with van der Waals surface area (Å²) in [6.07, 6.45) is 35.1. The molecule has 0 aliphatic rings. The summed E-state index contributed by atoms with van der Waals surface area (Å²) in [5.74, 6) is -0.782. The first-order valence-electron chi connectivity index (χ1n) is 21.4. The number of benzene rings is 1. The molecular weight excluding hydrogens is 636 g/mol. The van der Waals surface area contributed by atoms with Gasteiger partial charge < -0.3 is 14.6 Å². The number of carboxylic acids is 1. The maximum absolute atomic E-state index is 12.9. The van der Waals surface area contributed by atoms with Crippen molar-refractivity contribution in [2.24, 2.45) is 11.8 Å². The molecule has 51 heavy (non-hydrogen) atoms. The Bertz CT molecular complexity index is 1020. The van der Waals surface area contributed by atoms with Crippen LogP contribution in [0, 0.1) is 11.8 Å². The number of esters is 2. The highest BCUT2D eigenvalue weighted by atomic mass is 16.5. The third-order valence-electron chi connectivity index (χ3n) is 10.0. The molecule has 0 fully saturated rings. The summed E-state index contributed by atoms with van der Waals surface area (Å²) in [5.41, 5.74) is -0.0366. The number of aromatic carboxylic acids is 1. The van der Waals surface area contributed by atoms with Gasteiger partial charge in [0.15, 0.2) is 0 Å². The van der Waals surface area contributed by atoms with Gasteiger partial charge in [0.2, 0.25) is 0 Å². The van der Waals surface area contributed by atoms with Gasteiger partial charge in [-0.3, -0.25) is 0 Å². The summed E-state index contributed by atoms with van der Waals surface area (Å²) in [7, 11) is 0. The third-order valence-corrected chi connectivity index (χ3v) is 10.0. The highest BCUT2D eigenvalue weighted by molar-refractivity contribution is 6.05. The Kier molecular flexibility index (Phi) is 29.5. The minimum atomic E-state index is -1.16. The van der Waals surface area contributed by atoms with Crippen molar-refractivity contribution >= 4 is 17.9 Å². The molecule has 0 aliphatic heterocycles. The molecular formula is C45H78O6.